The lowest BCUT2D eigenvalue weighted by atomic mass is 9.87. The molecule has 1 aliphatic heterocycles. The van der Waals surface area contributed by atoms with Gasteiger partial charge in [-0.25, -0.2) is 0 Å². The van der Waals surface area contributed by atoms with Crippen LogP contribution in [0.25, 0.3) is 0 Å². The second-order valence-corrected chi connectivity index (χ2v) is 7.78. The number of hydrogen-bond acceptors (Lipinski definition) is 5. The Balaban J connectivity index is 3.22. The highest BCUT2D eigenvalue weighted by Gasteiger charge is 2.61. The van der Waals surface area contributed by atoms with Crippen molar-refractivity contribution in [1.82, 2.24) is 0 Å². The number of alkyl halides is 3. The zero-order chi connectivity index (χ0) is 15.6. The fourth-order valence-corrected chi connectivity index (χ4v) is 6.18. The Morgan fingerprint density at radius 3 is 2.15 bits per heavy atom. The monoisotopic (exact) mass is 332 g/mol. The van der Waals surface area contributed by atoms with Gasteiger partial charge in [0.15, 0.2) is 0 Å². The Bertz CT molecular complexity index is 341. The molecule has 1 rings (SSSR count). The van der Waals surface area contributed by atoms with Crippen LogP contribution in [0.15, 0.2) is 0 Å². The molecule has 0 radical (unpaired) electrons. The van der Waals surface area contributed by atoms with E-state index in [9.17, 15) is 23.1 Å². The molecule has 3 unspecified atom stereocenters. The molecule has 3 atom stereocenters. The van der Waals surface area contributed by atoms with E-state index in [-0.39, 0.29) is 0 Å². The van der Waals surface area contributed by atoms with E-state index in [1.807, 2.05) is 0 Å². The van der Waals surface area contributed by atoms with Crippen molar-refractivity contribution in [3.8, 4) is 0 Å². The highest BCUT2D eigenvalue weighted by molar-refractivity contribution is 8.18. The Labute approximate surface area is 125 Å². The molecule has 0 aliphatic carbocycles. The largest absolute Gasteiger partial charge is 0.469 e. The molecule has 20 heavy (non-hydrogen) atoms. The number of hydrogen-bond donors (Lipinski definition) is 1. The van der Waals surface area contributed by atoms with Gasteiger partial charge in [0.05, 0.1) is 29.1 Å². The zero-order valence-corrected chi connectivity index (χ0v) is 13.2. The average molecular weight is 332 g/mol. The standard InChI is InChI=1S/C12H19F3O3S2/c1-7(10(17)18-3)9(12(13,14)15)11(8(2)16)19-5-4-6-20-11/h7-9,16H,4-6H2,1-3H3. The lowest BCUT2D eigenvalue weighted by Crippen LogP contribution is -2.54. The maximum atomic E-state index is 13.5. The lowest BCUT2D eigenvalue weighted by Gasteiger charge is -2.46. The summed E-state index contributed by atoms with van der Waals surface area (Å²) in [7, 11) is 1.07. The van der Waals surface area contributed by atoms with Crippen molar-refractivity contribution in [2.45, 2.75) is 36.6 Å². The quantitative estimate of drug-likeness (QED) is 0.802. The highest BCUT2D eigenvalue weighted by Crippen LogP contribution is 2.57. The number of halogens is 3. The summed E-state index contributed by atoms with van der Waals surface area (Å²) in [5.41, 5.74) is 0. The predicted molar refractivity (Wildman–Crippen MR) is 74.7 cm³/mol. The molecule has 1 heterocycles. The second kappa shape index (κ2) is 6.79. The summed E-state index contributed by atoms with van der Waals surface area (Å²) < 4.78 is 43.5. The van der Waals surface area contributed by atoms with E-state index in [0.29, 0.717) is 11.5 Å². The van der Waals surface area contributed by atoms with Gasteiger partial charge in [-0.15, -0.1) is 23.5 Å². The first kappa shape index (κ1) is 18.0. The van der Waals surface area contributed by atoms with Gasteiger partial charge in [-0.2, -0.15) is 13.2 Å². The molecule has 3 nitrogen and oxygen atoms in total. The van der Waals surface area contributed by atoms with Crippen LogP contribution in [0.5, 0.6) is 0 Å². The average Bonchev–Trinajstić information content (AvgIpc) is 2.37. The lowest BCUT2D eigenvalue weighted by molar-refractivity contribution is -0.202. The van der Waals surface area contributed by atoms with Gasteiger partial charge in [-0.05, 0) is 24.9 Å². The number of carbonyl (C=O) groups excluding carboxylic acids is 1. The van der Waals surface area contributed by atoms with Crippen LogP contribution in [0.4, 0.5) is 13.2 Å². The first-order chi connectivity index (χ1) is 9.16. The number of aliphatic hydroxyl groups excluding tert-OH is 1. The second-order valence-electron chi connectivity index (χ2n) is 4.78. The van der Waals surface area contributed by atoms with E-state index in [1.165, 1.54) is 13.8 Å². The summed E-state index contributed by atoms with van der Waals surface area (Å²) in [4.78, 5) is 11.6. The molecule has 0 spiro atoms. The molecule has 1 saturated heterocycles. The number of thioether (sulfide) groups is 2. The molecule has 0 saturated carbocycles. The molecule has 0 aromatic rings. The summed E-state index contributed by atoms with van der Waals surface area (Å²) in [6.45, 7) is 2.57. The minimum atomic E-state index is -4.58. The van der Waals surface area contributed by atoms with Crippen LogP contribution in [0.1, 0.15) is 20.3 Å². The first-order valence-corrected chi connectivity index (χ1v) is 8.24. The van der Waals surface area contributed by atoms with Crippen molar-refractivity contribution in [3.63, 3.8) is 0 Å². The molecule has 0 bridgehead atoms. The van der Waals surface area contributed by atoms with E-state index < -0.39 is 34.2 Å². The van der Waals surface area contributed by atoms with Crippen LogP contribution < -0.4 is 0 Å². The van der Waals surface area contributed by atoms with Gasteiger partial charge in [-0.1, -0.05) is 6.92 Å². The molecular weight excluding hydrogens is 313 g/mol. The summed E-state index contributed by atoms with van der Waals surface area (Å²) in [6, 6.07) is 0. The summed E-state index contributed by atoms with van der Waals surface area (Å²) in [5.74, 6) is -3.12. The predicted octanol–water partition coefficient (Wildman–Crippen LogP) is 2.92. The van der Waals surface area contributed by atoms with Crippen LogP contribution in [0.2, 0.25) is 0 Å². The molecule has 0 amide bonds. The van der Waals surface area contributed by atoms with Crippen LogP contribution in [-0.2, 0) is 9.53 Å². The Hall–Kier alpha value is -0.0800. The topological polar surface area (TPSA) is 46.5 Å². The van der Waals surface area contributed by atoms with E-state index >= 15 is 0 Å². The van der Waals surface area contributed by atoms with Gasteiger partial charge < -0.3 is 9.84 Å². The van der Waals surface area contributed by atoms with E-state index in [2.05, 4.69) is 4.74 Å². The Morgan fingerprint density at radius 2 is 1.80 bits per heavy atom. The Morgan fingerprint density at radius 1 is 1.30 bits per heavy atom. The van der Waals surface area contributed by atoms with Crippen molar-refractivity contribution < 1.29 is 27.8 Å². The minimum absolute atomic E-state index is 0.540. The van der Waals surface area contributed by atoms with Gasteiger partial charge in [0.1, 0.15) is 0 Å². The third kappa shape index (κ3) is 3.57. The van der Waals surface area contributed by atoms with Crippen molar-refractivity contribution in [3.05, 3.63) is 0 Å². The SMILES string of the molecule is COC(=O)C(C)C(C(F)(F)F)C1(C(C)O)SCCCS1. The summed E-state index contributed by atoms with van der Waals surface area (Å²) >= 11 is 2.19. The maximum absolute atomic E-state index is 13.5. The highest BCUT2D eigenvalue weighted by atomic mass is 32.2. The van der Waals surface area contributed by atoms with Crippen molar-refractivity contribution >= 4 is 29.5 Å². The normalized spacial score (nSPS) is 23.8. The number of ether oxygens (including phenoxy) is 1. The molecule has 0 aromatic heterocycles. The smallest absolute Gasteiger partial charge is 0.394 e. The van der Waals surface area contributed by atoms with E-state index in [0.717, 1.165) is 37.1 Å². The van der Waals surface area contributed by atoms with Gasteiger partial charge in [0, 0.05) is 0 Å². The van der Waals surface area contributed by atoms with Crippen molar-refractivity contribution in [2.75, 3.05) is 18.6 Å². The van der Waals surface area contributed by atoms with Crippen LogP contribution in [-0.4, -0.2) is 46.1 Å². The van der Waals surface area contributed by atoms with Crippen molar-refractivity contribution in [2.24, 2.45) is 11.8 Å². The number of esters is 1. The van der Waals surface area contributed by atoms with E-state index in [1.54, 1.807) is 0 Å². The molecule has 8 heteroatoms. The summed E-state index contributed by atoms with van der Waals surface area (Å²) in [6.07, 6.45) is -4.97. The number of aliphatic hydroxyl groups is 1. The number of rotatable bonds is 4. The van der Waals surface area contributed by atoms with Crippen LogP contribution in [0, 0.1) is 11.8 Å². The third-order valence-electron chi connectivity index (χ3n) is 3.39. The molecule has 0 aromatic carbocycles. The number of methoxy groups -OCH3 is 1. The first-order valence-electron chi connectivity index (χ1n) is 6.27. The third-order valence-corrected chi connectivity index (χ3v) is 7.17. The van der Waals surface area contributed by atoms with Gasteiger partial charge in [-0.3, -0.25) is 4.79 Å². The fraction of sp³-hybridized carbons (Fsp3) is 0.917. The molecule has 1 fully saturated rings. The minimum Gasteiger partial charge on any atom is -0.469 e. The zero-order valence-electron chi connectivity index (χ0n) is 11.6. The van der Waals surface area contributed by atoms with Gasteiger partial charge in [0.2, 0.25) is 0 Å². The van der Waals surface area contributed by atoms with Crippen LogP contribution in [0.3, 0.4) is 0 Å². The van der Waals surface area contributed by atoms with Gasteiger partial charge in [0.25, 0.3) is 0 Å². The maximum Gasteiger partial charge on any atom is 0.394 e. The van der Waals surface area contributed by atoms with Crippen LogP contribution >= 0.6 is 23.5 Å². The number of carbonyl (C=O) groups is 1. The molecule has 118 valence electrons. The molecular formula is C12H19F3O3S2. The molecule has 1 aliphatic rings. The summed E-state index contributed by atoms with van der Waals surface area (Å²) in [5, 5.41) is 9.97. The molecule has 1 N–H and O–H groups in total. The van der Waals surface area contributed by atoms with E-state index in [4.69, 9.17) is 0 Å². The van der Waals surface area contributed by atoms with Crippen molar-refractivity contribution in [1.29, 1.82) is 0 Å². The fourth-order valence-electron chi connectivity index (χ4n) is 2.43. The van der Waals surface area contributed by atoms with Gasteiger partial charge >= 0.3 is 12.1 Å². The Kier molecular flexibility index (Phi) is 6.10.